The first-order chi connectivity index (χ1) is 8.87. The molecule has 1 aliphatic rings. The molecular formula is C15H20BNO2. The zero-order valence-electron chi connectivity index (χ0n) is 11.8. The van der Waals surface area contributed by atoms with Crippen LogP contribution in [-0.2, 0) is 4.74 Å². The molecule has 0 bridgehead atoms. The summed E-state index contributed by atoms with van der Waals surface area (Å²) in [6.45, 7) is 6.42. The standard InChI is InChI=1S/C15H20BNO2/c1-15(2,3)19-14(18)17-10-4-5-13(17)11-6-8-12(16)9-7-11/h6-9,13H,4-5,10H2,1-3H3. The summed E-state index contributed by atoms with van der Waals surface area (Å²) in [7, 11) is 5.70. The Balaban J connectivity index is 2.12. The van der Waals surface area contributed by atoms with Crippen molar-refractivity contribution in [3.8, 4) is 0 Å². The molecule has 0 aromatic heterocycles. The molecule has 1 amide bonds. The number of likely N-dealkylation sites (tertiary alicyclic amines) is 1. The van der Waals surface area contributed by atoms with Gasteiger partial charge in [-0.2, -0.15) is 0 Å². The van der Waals surface area contributed by atoms with Gasteiger partial charge in [-0.1, -0.05) is 29.7 Å². The summed E-state index contributed by atoms with van der Waals surface area (Å²) in [5.74, 6) is 0. The van der Waals surface area contributed by atoms with E-state index in [1.54, 1.807) is 0 Å². The van der Waals surface area contributed by atoms with Crippen molar-refractivity contribution >= 4 is 19.4 Å². The minimum atomic E-state index is -0.453. The quantitative estimate of drug-likeness (QED) is 0.723. The van der Waals surface area contributed by atoms with E-state index in [2.05, 4.69) is 0 Å². The van der Waals surface area contributed by atoms with E-state index in [1.165, 1.54) is 0 Å². The molecule has 0 spiro atoms. The number of carbonyl (C=O) groups excluding carboxylic acids is 1. The molecule has 1 heterocycles. The lowest BCUT2D eigenvalue weighted by molar-refractivity contribution is 0.0224. The number of hydrogen-bond acceptors (Lipinski definition) is 2. The van der Waals surface area contributed by atoms with Gasteiger partial charge in [0.25, 0.3) is 0 Å². The van der Waals surface area contributed by atoms with Crippen molar-refractivity contribution in [2.75, 3.05) is 6.54 Å². The first-order valence-electron chi connectivity index (χ1n) is 6.72. The molecule has 1 aromatic carbocycles. The maximum absolute atomic E-state index is 12.2. The van der Waals surface area contributed by atoms with Gasteiger partial charge in [-0.3, -0.25) is 0 Å². The highest BCUT2D eigenvalue weighted by atomic mass is 16.6. The van der Waals surface area contributed by atoms with Gasteiger partial charge in [0.1, 0.15) is 13.4 Å². The zero-order valence-corrected chi connectivity index (χ0v) is 11.8. The third-order valence-electron chi connectivity index (χ3n) is 3.20. The molecule has 1 unspecified atom stereocenters. The molecule has 2 rings (SSSR count). The van der Waals surface area contributed by atoms with Crippen LogP contribution in [0.2, 0.25) is 0 Å². The number of hydrogen-bond donors (Lipinski definition) is 0. The van der Waals surface area contributed by atoms with Crippen molar-refractivity contribution in [2.45, 2.75) is 45.3 Å². The number of carbonyl (C=O) groups is 1. The van der Waals surface area contributed by atoms with Crippen molar-refractivity contribution in [3.63, 3.8) is 0 Å². The van der Waals surface area contributed by atoms with E-state index < -0.39 is 5.60 Å². The van der Waals surface area contributed by atoms with E-state index >= 15 is 0 Å². The van der Waals surface area contributed by atoms with E-state index in [1.807, 2.05) is 49.9 Å². The van der Waals surface area contributed by atoms with E-state index in [0.29, 0.717) is 0 Å². The second-order valence-corrected chi connectivity index (χ2v) is 6.00. The molecule has 3 nitrogen and oxygen atoms in total. The maximum Gasteiger partial charge on any atom is 0.410 e. The van der Waals surface area contributed by atoms with Crippen molar-refractivity contribution < 1.29 is 9.53 Å². The van der Waals surface area contributed by atoms with Gasteiger partial charge in [0.15, 0.2) is 0 Å². The van der Waals surface area contributed by atoms with Gasteiger partial charge >= 0.3 is 6.09 Å². The highest BCUT2D eigenvalue weighted by molar-refractivity contribution is 6.32. The molecule has 0 saturated carbocycles. The summed E-state index contributed by atoms with van der Waals surface area (Å²) >= 11 is 0. The van der Waals surface area contributed by atoms with Gasteiger partial charge in [0.2, 0.25) is 0 Å². The summed E-state index contributed by atoms with van der Waals surface area (Å²) < 4.78 is 5.46. The van der Waals surface area contributed by atoms with Crippen molar-refractivity contribution in [2.24, 2.45) is 0 Å². The van der Waals surface area contributed by atoms with Crippen LogP contribution < -0.4 is 5.46 Å². The molecule has 1 aromatic rings. The van der Waals surface area contributed by atoms with Crippen molar-refractivity contribution in [1.29, 1.82) is 0 Å². The lowest BCUT2D eigenvalue weighted by Crippen LogP contribution is -2.36. The molecule has 19 heavy (non-hydrogen) atoms. The summed E-state index contributed by atoms with van der Waals surface area (Å²) in [5.41, 5.74) is 1.41. The lowest BCUT2D eigenvalue weighted by atomic mass is 9.93. The zero-order chi connectivity index (χ0) is 14.0. The number of benzene rings is 1. The Hall–Kier alpha value is -1.45. The normalized spacial score (nSPS) is 19.5. The summed E-state index contributed by atoms with van der Waals surface area (Å²) in [6, 6.07) is 7.84. The second-order valence-electron chi connectivity index (χ2n) is 6.00. The minimum Gasteiger partial charge on any atom is -0.444 e. The molecule has 1 atom stereocenters. The first-order valence-corrected chi connectivity index (χ1v) is 6.72. The van der Waals surface area contributed by atoms with Crippen LogP contribution in [0.3, 0.4) is 0 Å². The fraction of sp³-hybridized carbons (Fsp3) is 0.533. The van der Waals surface area contributed by atoms with Gasteiger partial charge in [-0.05, 0) is 39.2 Å². The Kier molecular flexibility index (Phi) is 3.88. The first kappa shape index (κ1) is 14.0. The van der Waals surface area contributed by atoms with Crippen LogP contribution >= 0.6 is 0 Å². The monoisotopic (exact) mass is 257 g/mol. The average molecular weight is 257 g/mol. The number of nitrogens with zero attached hydrogens (tertiary/aromatic N) is 1. The van der Waals surface area contributed by atoms with Gasteiger partial charge < -0.3 is 9.64 Å². The number of rotatable bonds is 1. The highest BCUT2D eigenvalue weighted by Gasteiger charge is 2.32. The fourth-order valence-electron chi connectivity index (χ4n) is 2.37. The van der Waals surface area contributed by atoms with Crippen LogP contribution in [0.1, 0.15) is 45.2 Å². The van der Waals surface area contributed by atoms with Gasteiger partial charge in [-0.15, -0.1) is 0 Å². The van der Waals surface area contributed by atoms with E-state index in [-0.39, 0.29) is 12.1 Å². The summed E-state index contributed by atoms with van der Waals surface area (Å²) in [6.07, 6.45) is 1.75. The minimum absolute atomic E-state index is 0.107. The second kappa shape index (κ2) is 5.28. The summed E-state index contributed by atoms with van der Waals surface area (Å²) in [5, 5.41) is 0. The Morgan fingerprint density at radius 1 is 1.32 bits per heavy atom. The van der Waals surface area contributed by atoms with Gasteiger partial charge in [-0.25, -0.2) is 4.79 Å². The molecule has 0 aliphatic carbocycles. The van der Waals surface area contributed by atoms with Crippen LogP contribution in [0.25, 0.3) is 0 Å². The Morgan fingerprint density at radius 2 is 1.95 bits per heavy atom. The predicted molar refractivity (Wildman–Crippen MR) is 76.7 cm³/mol. The number of amides is 1. The third kappa shape index (κ3) is 3.52. The van der Waals surface area contributed by atoms with Crippen LogP contribution in [0.5, 0.6) is 0 Å². The molecule has 0 N–H and O–H groups in total. The van der Waals surface area contributed by atoms with E-state index in [4.69, 9.17) is 12.6 Å². The maximum atomic E-state index is 12.2. The molecule has 2 radical (unpaired) electrons. The molecule has 100 valence electrons. The van der Waals surface area contributed by atoms with Gasteiger partial charge in [0, 0.05) is 6.54 Å². The lowest BCUT2D eigenvalue weighted by Gasteiger charge is -2.28. The Morgan fingerprint density at radius 3 is 2.53 bits per heavy atom. The largest absolute Gasteiger partial charge is 0.444 e. The Bertz CT molecular complexity index is 450. The van der Waals surface area contributed by atoms with E-state index in [0.717, 1.165) is 30.4 Å². The molecule has 4 heteroatoms. The van der Waals surface area contributed by atoms with Crippen molar-refractivity contribution in [3.05, 3.63) is 29.8 Å². The molecule has 1 fully saturated rings. The van der Waals surface area contributed by atoms with Crippen LogP contribution in [-0.4, -0.2) is 31.0 Å². The fourth-order valence-corrected chi connectivity index (χ4v) is 2.37. The smallest absolute Gasteiger partial charge is 0.410 e. The average Bonchev–Trinajstić information content (AvgIpc) is 2.76. The highest BCUT2D eigenvalue weighted by Crippen LogP contribution is 2.32. The van der Waals surface area contributed by atoms with Crippen LogP contribution in [0, 0.1) is 0 Å². The Labute approximate surface area is 116 Å². The molecule has 1 saturated heterocycles. The van der Waals surface area contributed by atoms with Crippen molar-refractivity contribution in [1.82, 2.24) is 4.90 Å². The van der Waals surface area contributed by atoms with Crippen LogP contribution in [0.15, 0.2) is 24.3 Å². The van der Waals surface area contributed by atoms with E-state index in [9.17, 15) is 4.79 Å². The summed E-state index contributed by atoms with van der Waals surface area (Å²) in [4.78, 5) is 14.0. The van der Waals surface area contributed by atoms with Gasteiger partial charge in [0.05, 0.1) is 6.04 Å². The molecular weight excluding hydrogens is 237 g/mol. The molecule has 1 aliphatic heterocycles. The SMILES string of the molecule is [B]c1ccc(C2CCCN2C(=O)OC(C)(C)C)cc1. The third-order valence-corrected chi connectivity index (χ3v) is 3.20. The van der Waals surface area contributed by atoms with Crippen LogP contribution in [0.4, 0.5) is 4.79 Å². The topological polar surface area (TPSA) is 29.5 Å². The predicted octanol–water partition coefficient (Wildman–Crippen LogP) is 2.55. The number of ether oxygens (including phenoxy) is 1.